The maximum absolute atomic E-state index is 10.6. The largest absolute Gasteiger partial charge is 0.496 e. The molecule has 1 aliphatic rings. The molecule has 0 spiro atoms. The van der Waals surface area contributed by atoms with Crippen LogP contribution in [-0.2, 0) is 12.8 Å². The smallest absolute Gasteiger partial charge is 0.128 e. The molecule has 3 nitrogen and oxygen atoms in total. The number of hydrogen-bond donors (Lipinski definition) is 1. The summed E-state index contributed by atoms with van der Waals surface area (Å²) in [6.07, 6.45) is 1.99. The van der Waals surface area contributed by atoms with Crippen LogP contribution in [-0.4, -0.2) is 18.8 Å². The fraction of sp³-hybridized carbons (Fsp3) is 0.333. The minimum absolute atomic E-state index is 0.518. The number of aliphatic hydroxyl groups excluding tert-OH is 1. The summed E-state index contributed by atoms with van der Waals surface area (Å²) in [5.41, 5.74) is 3.07. The number of fused-ring (bicyclic) bond motifs is 1. The first-order valence-electron chi connectivity index (χ1n) is 7.34. The molecular formula is C18H20O3. The fourth-order valence-corrected chi connectivity index (χ4v) is 2.87. The molecule has 110 valence electrons. The number of hydrogen-bond acceptors (Lipinski definition) is 3. The van der Waals surface area contributed by atoms with Gasteiger partial charge in [-0.05, 0) is 30.0 Å². The van der Waals surface area contributed by atoms with Crippen LogP contribution in [0.2, 0.25) is 0 Å². The Kier molecular flexibility index (Phi) is 4.11. The van der Waals surface area contributed by atoms with E-state index in [-0.39, 0.29) is 0 Å². The van der Waals surface area contributed by atoms with E-state index in [0.717, 1.165) is 42.1 Å². The first kappa shape index (κ1) is 14.0. The lowest BCUT2D eigenvalue weighted by Gasteiger charge is -2.23. The van der Waals surface area contributed by atoms with E-state index in [4.69, 9.17) is 9.47 Å². The summed E-state index contributed by atoms with van der Waals surface area (Å²) in [5, 5.41) is 10.6. The van der Waals surface area contributed by atoms with Crippen molar-refractivity contribution >= 4 is 0 Å². The Morgan fingerprint density at radius 3 is 2.90 bits per heavy atom. The Bertz CT molecular complexity index is 622. The van der Waals surface area contributed by atoms with E-state index in [9.17, 15) is 5.11 Å². The van der Waals surface area contributed by atoms with Crippen molar-refractivity contribution in [2.24, 2.45) is 0 Å². The summed E-state index contributed by atoms with van der Waals surface area (Å²) in [5.74, 6) is 1.67. The standard InChI is InChI=1S/C18H20O3/c1-20-17-10-3-2-6-14(17)12-16(19)15-9-4-7-13-8-5-11-21-18(13)15/h2-4,6-7,9-10,16,19H,5,8,11-12H2,1H3. The highest BCUT2D eigenvalue weighted by atomic mass is 16.5. The van der Waals surface area contributed by atoms with Gasteiger partial charge in [-0.1, -0.05) is 36.4 Å². The molecule has 0 radical (unpaired) electrons. The van der Waals surface area contributed by atoms with E-state index in [2.05, 4.69) is 6.07 Å². The minimum atomic E-state index is -0.589. The molecule has 1 unspecified atom stereocenters. The highest BCUT2D eigenvalue weighted by molar-refractivity contribution is 5.45. The third-order valence-electron chi connectivity index (χ3n) is 3.93. The lowest BCUT2D eigenvalue weighted by molar-refractivity contribution is 0.168. The van der Waals surface area contributed by atoms with Crippen LogP contribution in [0, 0.1) is 0 Å². The SMILES string of the molecule is COc1ccccc1CC(O)c1cccc2c1OCCC2. The van der Waals surface area contributed by atoms with Gasteiger partial charge in [0, 0.05) is 12.0 Å². The van der Waals surface area contributed by atoms with Gasteiger partial charge in [0.15, 0.2) is 0 Å². The minimum Gasteiger partial charge on any atom is -0.496 e. The Morgan fingerprint density at radius 1 is 1.19 bits per heavy atom. The van der Waals surface area contributed by atoms with Crippen LogP contribution in [0.3, 0.4) is 0 Å². The van der Waals surface area contributed by atoms with E-state index in [0.29, 0.717) is 6.42 Å². The fourth-order valence-electron chi connectivity index (χ4n) is 2.87. The third kappa shape index (κ3) is 2.88. The zero-order valence-corrected chi connectivity index (χ0v) is 12.2. The van der Waals surface area contributed by atoms with Gasteiger partial charge in [0.05, 0.1) is 19.8 Å². The van der Waals surface area contributed by atoms with E-state index >= 15 is 0 Å². The quantitative estimate of drug-likeness (QED) is 0.936. The zero-order chi connectivity index (χ0) is 14.7. The second kappa shape index (κ2) is 6.19. The Labute approximate surface area is 125 Å². The van der Waals surface area contributed by atoms with Crippen molar-refractivity contribution in [1.82, 2.24) is 0 Å². The normalized spacial score (nSPS) is 15.0. The van der Waals surface area contributed by atoms with Crippen molar-refractivity contribution in [3.8, 4) is 11.5 Å². The molecule has 3 heteroatoms. The Hall–Kier alpha value is -2.00. The number of para-hydroxylation sites is 2. The van der Waals surface area contributed by atoms with Gasteiger partial charge in [-0.25, -0.2) is 0 Å². The van der Waals surface area contributed by atoms with E-state index in [1.54, 1.807) is 7.11 Å². The van der Waals surface area contributed by atoms with E-state index < -0.39 is 6.10 Å². The lowest BCUT2D eigenvalue weighted by Crippen LogP contribution is -2.13. The zero-order valence-electron chi connectivity index (χ0n) is 12.2. The lowest BCUT2D eigenvalue weighted by atomic mass is 9.95. The Balaban J connectivity index is 1.87. The molecule has 0 amide bonds. The summed E-state index contributed by atoms with van der Waals surface area (Å²) >= 11 is 0. The molecule has 2 aromatic rings. The van der Waals surface area contributed by atoms with Gasteiger partial charge in [-0.2, -0.15) is 0 Å². The molecule has 0 saturated heterocycles. The average Bonchev–Trinajstić information content (AvgIpc) is 2.54. The third-order valence-corrected chi connectivity index (χ3v) is 3.93. The van der Waals surface area contributed by atoms with Crippen LogP contribution in [0.1, 0.15) is 29.2 Å². The van der Waals surface area contributed by atoms with Crippen molar-refractivity contribution < 1.29 is 14.6 Å². The molecule has 3 rings (SSSR count). The summed E-state index contributed by atoms with van der Waals surface area (Å²) in [6.45, 7) is 0.728. The van der Waals surface area contributed by atoms with Gasteiger partial charge >= 0.3 is 0 Å². The first-order chi connectivity index (χ1) is 10.3. The maximum Gasteiger partial charge on any atom is 0.128 e. The summed E-state index contributed by atoms with van der Waals surface area (Å²) < 4.78 is 11.1. The van der Waals surface area contributed by atoms with Gasteiger partial charge < -0.3 is 14.6 Å². The average molecular weight is 284 g/mol. The van der Waals surface area contributed by atoms with Crippen LogP contribution < -0.4 is 9.47 Å². The van der Waals surface area contributed by atoms with Crippen molar-refractivity contribution in [3.63, 3.8) is 0 Å². The molecule has 2 aromatic carbocycles. The second-order valence-corrected chi connectivity index (χ2v) is 5.32. The summed E-state index contributed by atoms with van der Waals surface area (Å²) in [4.78, 5) is 0. The molecule has 0 saturated carbocycles. The molecule has 0 bridgehead atoms. The van der Waals surface area contributed by atoms with Crippen LogP contribution in [0.5, 0.6) is 11.5 Å². The van der Waals surface area contributed by atoms with E-state index in [1.807, 2.05) is 36.4 Å². The Morgan fingerprint density at radius 2 is 2.05 bits per heavy atom. The van der Waals surface area contributed by atoms with Gasteiger partial charge in [0.1, 0.15) is 11.5 Å². The van der Waals surface area contributed by atoms with Gasteiger partial charge in [0.25, 0.3) is 0 Å². The predicted molar refractivity (Wildman–Crippen MR) is 81.9 cm³/mol. The highest BCUT2D eigenvalue weighted by Crippen LogP contribution is 2.35. The number of aliphatic hydroxyl groups is 1. The number of ether oxygens (including phenoxy) is 2. The van der Waals surface area contributed by atoms with Crippen LogP contribution in [0.15, 0.2) is 42.5 Å². The molecular weight excluding hydrogens is 264 g/mol. The van der Waals surface area contributed by atoms with Crippen molar-refractivity contribution in [2.75, 3.05) is 13.7 Å². The number of rotatable bonds is 4. The predicted octanol–water partition coefficient (Wildman–Crippen LogP) is 3.30. The van der Waals surface area contributed by atoms with Crippen molar-refractivity contribution in [2.45, 2.75) is 25.4 Å². The molecule has 1 aliphatic heterocycles. The van der Waals surface area contributed by atoms with Crippen molar-refractivity contribution in [3.05, 3.63) is 59.2 Å². The molecule has 0 aliphatic carbocycles. The first-order valence-corrected chi connectivity index (χ1v) is 7.34. The van der Waals surface area contributed by atoms with Gasteiger partial charge in [0.2, 0.25) is 0 Å². The van der Waals surface area contributed by atoms with Crippen LogP contribution in [0.25, 0.3) is 0 Å². The van der Waals surface area contributed by atoms with Gasteiger partial charge in [-0.3, -0.25) is 0 Å². The summed E-state index contributed by atoms with van der Waals surface area (Å²) in [7, 11) is 1.65. The second-order valence-electron chi connectivity index (χ2n) is 5.32. The molecule has 1 heterocycles. The highest BCUT2D eigenvalue weighted by Gasteiger charge is 2.20. The van der Waals surface area contributed by atoms with E-state index in [1.165, 1.54) is 5.56 Å². The number of aryl methyl sites for hydroxylation is 1. The maximum atomic E-state index is 10.6. The van der Waals surface area contributed by atoms with Gasteiger partial charge in [-0.15, -0.1) is 0 Å². The van der Waals surface area contributed by atoms with Crippen LogP contribution in [0.4, 0.5) is 0 Å². The van der Waals surface area contributed by atoms with Crippen molar-refractivity contribution in [1.29, 1.82) is 0 Å². The molecule has 1 atom stereocenters. The summed E-state index contributed by atoms with van der Waals surface area (Å²) in [6, 6.07) is 13.8. The monoisotopic (exact) mass is 284 g/mol. The number of benzene rings is 2. The number of methoxy groups -OCH3 is 1. The van der Waals surface area contributed by atoms with Crippen LogP contribution >= 0.6 is 0 Å². The topological polar surface area (TPSA) is 38.7 Å². The molecule has 21 heavy (non-hydrogen) atoms. The molecule has 1 N–H and O–H groups in total. The molecule has 0 aromatic heterocycles. The molecule has 0 fully saturated rings.